The van der Waals surface area contributed by atoms with Crippen LogP contribution in [0.15, 0.2) is 11.4 Å². The second kappa shape index (κ2) is 8.70. The number of nitrogens with zero attached hydrogens (tertiary/aromatic N) is 1. The second-order valence-corrected chi connectivity index (χ2v) is 4.73. The summed E-state index contributed by atoms with van der Waals surface area (Å²) in [4.78, 5) is 14.8. The Morgan fingerprint density at radius 2 is 2.37 bits per heavy atom. The fourth-order valence-electron chi connectivity index (χ4n) is 1.54. The van der Waals surface area contributed by atoms with Crippen LogP contribution in [0, 0.1) is 11.8 Å². The third-order valence-electron chi connectivity index (χ3n) is 2.55. The smallest absolute Gasteiger partial charge is 0.265 e. The lowest BCUT2D eigenvalue weighted by atomic mass is 10.2. The minimum atomic E-state index is -0.0113. The first-order valence-corrected chi connectivity index (χ1v) is 7.08. The van der Waals surface area contributed by atoms with Crippen LogP contribution in [0.2, 0.25) is 0 Å². The van der Waals surface area contributed by atoms with Gasteiger partial charge in [0.05, 0.1) is 13.2 Å². The van der Waals surface area contributed by atoms with Gasteiger partial charge < -0.3 is 14.7 Å². The summed E-state index contributed by atoms with van der Waals surface area (Å²) >= 11 is 1.40. The lowest BCUT2D eigenvalue weighted by Crippen LogP contribution is -2.33. The number of amides is 1. The van der Waals surface area contributed by atoms with Crippen molar-refractivity contribution in [3.63, 3.8) is 0 Å². The number of ether oxygens (including phenoxy) is 1. The molecule has 0 spiro atoms. The largest absolute Gasteiger partial charge is 0.395 e. The van der Waals surface area contributed by atoms with Gasteiger partial charge in [-0.05, 0) is 18.4 Å². The molecular formula is C14H19NO3S. The molecule has 0 saturated carbocycles. The molecular weight excluding hydrogens is 262 g/mol. The lowest BCUT2D eigenvalue weighted by Gasteiger charge is -2.19. The zero-order chi connectivity index (χ0) is 14.1. The number of aliphatic hydroxyl groups excluding tert-OH is 1. The van der Waals surface area contributed by atoms with Gasteiger partial charge in [0.1, 0.15) is 4.88 Å². The van der Waals surface area contributed by atoms with Gasteiger partial charge in [0.2, 0.25) is 0 Å². The zero-order valence-electron chi connectivity index (χ0n) is 11.3. The van der Waals surface area contributed by atoms with Crippen molar-refractivity contribution >= 4 is 17.2 Å². The van der Waals surface area contributed by atoms with E-state index in [1.807, 2.05) is 18.4 Å². The highest BCUT2D eigenvalue weighted by Gasteiger charge is 2.18. The van der Waals surface area contributed by atoms with Crippen LogP contribution in [0.1, 0.15) is 28.6 Å². The molecule has 104 valence electrons. The van der Waals surface area contributed by atoms with Gasteiger partial charge in [0.25, 0.3) is 5.91 Å². The molecule has 1 heterocycles. The monoisotopic (exact) mass is 281 g/mol. The molecule has 5 heteroatoms. The van der Waals surface area contributed by atoms with E-state index in [2.05, 4.69) is 11.8 Å². The molecule has 1 rings (SSSR count). The van der Waals surface area contributed by atoms with Crippen LogP contribution in [0.5, 0.6) is 0 Å². The number of hydrogen-bond acceptors (Lipinski definition) is 4. The second-order valence-electron chi connectivity index (χ2n) is 3.82. The van der Waals surface area contributed by atoms with Crippen LogP contribution in [-0.2, 0) is 4.74 Å². The molecule has 1 aromatic heterocycles. The number of methoxy groups -OCH3 is 1. The predicted octanol–water partition coefficient (Wildman–Crippen LogP) is 1.59. The van der Waals surface area contributed by atoms with Crippen LogP contribution in [-0.4, -0.2) is 49.3 Å². The maximum Gasteiger partial charge on any atom is 0.265 e. The fourth-order valence-corrected chi connectivity index (χ4v) is 2.35. The van der Waals surface area contributed by atoms with Crippen LogP contribution in [0.4, 0.5) is 0 Å². The van der Waals surface area contributed by atoms with Gasteiger partial charge in [0, 0.05) is 32.2 Å². The van der Waals surface area contributed by atoms with Crippen molar-refractivity contribution in [1.82, 2.24) is 4.90 Å². The topological polar surface area (TPSA) is 49.8 Å². The average molecular weight is 281 g/mol. The van der Waals surface area contributed by atoms with E-state index in [-0.39, 0.29) is 12.5 Å². The molecule has 0 bridgehead atoms. The maximum atomic E-state index is 12.4. The number of aliphatic hydroxyl groups is 1. The molecule has 1 N–H and O–H groups in total. The van der Waals surface area contributed by atoms with E-state index in [0.717, 1.165) is 5.56 Å². The Balaban J connectivity index is 2.81. The third-order valence-corrected chi connectivity index (χ3v) is 3.46. The maximum absolute atomic E-state index is 12.4. The van der Waals surface area contributed by atoms with Crippen molar-refractivity contribution < 1.29 is 14.6 Å². The standard InChI is InChI=1S/C14H19NO3S/c1-3-15(8-10-18-2)14(17)13-12(7-11-19-13)6-4-5-9-16/h7,11,16H,3,5,8-10H2,1-2H3. The zero-order valence-corrected chi connectivity index (χ0v) is 12.1. The molecule has 19 heavy (non-hydrogen) atoms. The van der Waals surface area contributed by atoms with E-state index in [4.69, 9.17) is 9.84 Å². The van der Waals surface area contributed by atoms with Gasteiger partial charge in [-0.1, -0.05) is 11.8 Å². The Labute approximate surface area is 118 Å². The van der Waals surface area contributed by atoms with Crippen molar-refractivity contribution in [2.45, 2.75) is 13.3 Å². The summed E-state index contributed by atoms with van der Waals surface area (Å²) in [7, 11) is 1.62. The lowest BCUT2D eigenvalue weighted by molar-refractivity contribution is 0.0711. The summed E-state index contributed by atoms with van der Waals surface area (Å²) in [5, 5.41) is 10.6. The van der Waals surface area contributed by atoms with Gasteiger partial charge in [-0.25, -0.2) is 0 Å². The molecule has 1 amide bonds. The van der Waals surface area contributed by atoms with Gasteiger partial charge in [-0.15, -0.1) is 11.3 Å². The summed E-state index contributed by atoms with van der Waals surface area (Å²) in [6, 6.07) is 1.84. The number of hydrogen-bond donors (Lipinski definition) is 1. The Hall–Kier alpha value is -1.35. The first-order valence-electron chi connectivity index (χ1n) is 6.20. The highest BCUT2D eigenvalue weighted by Crippen LogP contribution is 2.18. The molecule has 1 aromatic rings. The van der Waals surface area contributed by atoms with E-state index >= 15 is 0 Å². The molecule has 0 unspecified atom stereocenters. The highest BCUT2D eigenvalue weighted by molar-refractivity contribution is 7.12. The molecule has 4 nitrogen and oxygen atoms in total. The predicted molar refractivity (Wildman–Crippen MR) is 76.4 cm³/mol. The first-order chi connectivity index (χ1) is 9.24. The third kappa shape index (κ3) is 4.67. The minimum Gasteiger partial charge on any atom is -0.395 e. The molecule has 0 atom stereocenters. The molecule has 0 aliphatic heterocycles. The van der Waals surface area contributed by atoms with Crippen LogP contribution >= 0.6 is 11.3 Å². The normalized spacial score (nSPS) is 9.84. The molecule has 0 aromatic carbocycles. The van der Waals surface area contributed by atoms with E-state index in [0.29, 0.717) is 31.0 Å². The number of carbonyl (C=O) groups is 1. The van der Waals surface area contributed by atoms with Crippen molar-refractivity contribution in [2.24, 2.45) is 0 Å². The first kappa shape index (κ1) is 15.7. The number of rotatable bonds is 6. The van der Waals surface area contributed by atoms with Crippen molar-refractivity contribution in [1.29, 1.82) is 0 Å². The number of likely N-dealkylation sites (N-methyl/N-ethyl adjacent to an activating group) is 1. The van der Waals surface area contributed by atoms with Gasteiger partial charge in [-0.2, -0.15) is 0 Å². The summed E-state index contributed by atoms with van der Waals surface area (Å²) in [6.45, 7) is 3.72. The van der Waals surface area contributed by atoms with Crippen molar-refractivity contribution in [3.05, 3.63) is 21.9 Å². The molecule has 0 aliphatic carbocycles. The van der Waals surface area contributed by atoms with Gasteiger partial charge in [-0.3, -0.25) is 4.79 Å². The van der Waals surface area contributed by atoms with Crippen LogP contribution in [0.3, 0.4) is 0 Å². The van der Waals surface area contributed by atoms with Crippen molar-refractivity contribution in [3.8, 4) is 11.8 Å². The average Bonchev–Trinajstić information content (AvgIpc) is 2.88. The Bertz CT molecular complexity index is 459. The Kier molecular flexibility index (Phi) is 7.19. The summed E-state index contributed by atoms with van der Waals surface area (Å²) in [6.07, 6.45) is 0.421. The Morgan fingerprint density at radius 3 is 3.00 bits per heavy atom. The van der Waals surface area contributed by atoms with Crippen LogP contribution < -0.4 is 0 Å². The Morgan fingerprint density at radius 1 is 1.58 bits per heavy atom. The summed E-state index contributed by atoms with van der Waals surface area (Å²) in [5.74, 6) is 5.76. The van der Waals surface area contributed by atoms with Gasteiger partial charge in [0.15, 0.2) is 0 Å². The van der Waals surface area contributed by atoms with E-state index in [1.54, 1.807) is 12.0 Å². The fraction of sp³-hybridized carbons (Fsp3) is 0.500. The SMILES string of the molecule is CCN(CCOC)C(=O)c1sccc1C#CCCO. The summed E-state index contributed by atoms with van der Waals surface area (Å²) < 4.78 is 5.01. The van der Waals surface area contributed by atoms with Crippen molar-refractivity contribution in [2.75, 3.05) is 33.4 Å². The molecule has 0 fully saturated rings. The minimum absolute atomic E-state index is 0.0113. The quantitative estimate of drug-likeness (QED) is 0.806. The number of carbonyl (C=O) groups excluding carboxylic acids is 1. The molecule has 0 saturated heterocycles. The van der Waals surface area contributed by atoms with Crippen LogP contribution in [0.25, 0.3) is 0 Å². The number of thiophene rings is 1. The highest BCUT2D eigenvalue weighted by atomic mass is 32.1. The van der Waals surface area contributed by atoms with E-state index < -0.39 is 0 Å². The molecule has 0 aliphatic rings. The van der Waals surface area contributed by atoms with E-state index in [9.17, 15) is 4.79 Å². The summed E-state index contributed by atoms with van der Waals surface area (Å²) in [5.41, 5.74) is 0.735. The van der Waals surface area contributed by atoms with Gasteiger partial charge >= 0.3 is 0 Å². The van der Waals surface area contributed by atoms with E-state index in [1.165, 1.54) is 11.3 Å². The molecule has 0 radical (unpaired) electrons.